The molecule has 1 heteroatoms. The van der Waals surface area contributed by atoms with Crippen molar-refractivity contribution in [1.82, 2.24) is 0 Å². The predicted molar refractivity (Wildman–Crippen MR) is 63.1 cm³/mol. The smallest absolute Gasteiger partial charge is 0.00461 e. The van der Waals surface area contributed by atoms with Crippen LogP contribution in [0.15, 0.2) is 0 Å². The highest BCUT2D eigenvalue weighted by atomic mass is 14.6. The van der Waals surface area contributed by atoms with Gasteiger partial charge < -0.3 is 5.73 Å². The molecule has 0 heterocycles. The lowest BCUT2D eigenvalue weighted by Crippen LogP contribution is -2.37. The molecule has 0 aromatic carbocycles. The van der Waals surface area contributed by atoms with Crippen LogP contribution < -0.4 is 5.73 Å². The highest BCUT2D eigenvalue weighted by molar-refractivity contribution is 4.87. The van der Waals surface area contributed by atoms with E-state index in [-0.39, 0.29) is 0 Å². The quantitative estimate of drug-likeness (QED) is 0.737. The number of rotatable bonds is 3. The van der Waals surface area contributed by atoms with Gasteiger partial charge in [-0.1, -0.05) is 34.1 Å². The van der Waals surface area contributed by atoms with Crippen molar-refractivity contribution in [3.63, 3.8) is 0 Å². The van der Waals surface area contributed by atoms with E-state index >= 15 is 0 Å². The van der Waals surface area contributed by atoms with Crippen LogP contribution in [0, 0.1) is 23.2 Å². The summed E-state index contributed by atoms with van der Waals surface area (Å²) >= 11 is 0. The normalized spacial score (nSPS) is 34.1. The van der Waals surface area contributed by atoms with E-state index in [1.807, 2.05) is 0 Å². The minimum absolute atomic E-state index is 0.555. The molecule has 3 atom stereocenters. The first kappa shape index (κ1) is 12.0. The van der Waals surface area contributed by atoms with Gasteiger partial charge in [0.15, 0.2) is 0 Å². The molecular weight excluding hydrogens is 170 g/mol. The Morgan fingerprint density at radius 3 is 2.57 bits per heavy atom. The van der Waals surface area contributed by atoms with Crippen LogP contribution in [-0.4, -0.2) is 6.54 Å². The molecule has 1 aliphatic carbocycles. The zero-order chi connectivity index (χ0) is 10.8. The number of hydrogen-bond acceptors (Lipinski definition) is 1. The molecule has 0 radical (unpaired) electrons. The third-order valence-corrected chi connectivity index (χ3v) is 4.26. The van der Waals surface area contributed by atoms with Crippen molar-refractivity contribution in [3.8, 4) is 0 Å². The lowest BCUT2D eigenvalue weighted by atomic mass is 9.63. The maximum atomic E-state index is 5.87. The van der Waals surface area contributed by atoms with E-state index in [9.17, 15) is 0 Å². The molecule has 1 rings (SSSR count). The maximum absolute atomic E-state index is 5.87. The SMILES string of the molecule is CCC(C)C1CC(C)(C)CCC1CN. The third kappa shape index (κ3) is 2.73. The van der Waals surface area contributed by atoms with Gasteiger partial charge in [-0.05, 0) is 49.0 Å². The zero-order valence-electron chi connectivity index (χ0n) is 10.3. The van der Waals surface area contributed by atoms with Crippen LogP contribution in [0.25, 0.3) is 0 Å². The van der Waals surface area contributed by atoms with Gasteiger partial charge >= 0.3 is 0 Å². The van der Waals surface area contributed by atoms with Crippen LogP contribution in [0.1, 0.15) is 53.4 Å². The van der Waals surface area contributed by atoms with Gasteiger partial charge in [0.2, 0.25) is 0 Å². The van der Waals surface area contributed by atoms with Crippen LogP contribution in [-0.2, 0) is 0 Å². The van der Waals surface area contributed by atoms with Gasteiger partial charge in [0, 0.05) is 0 Å². The summed E-state index contributed by atoms with van der Waals surface area (Å²) in [6.45, 7) is 10.4. The van der Waals surface area contributed by atoms with E-state index in [4.69, 9.17) is 5.73 Å². The van der Waals surface area contributed by atoms with E-state index in [2.05, 4.69) is 27.7 Å². The second kappa shape index (κ2) is 4.65. The summed E-state index contributed by atoms with van der Waals surface area (Å²) in [5.41, 5.74) is 6.43. The van der Waals surface area contributed by atoms with Crippen molar-refractivity contribution < 1.29 is 0 Å². The van der Waals surface area contributed by atoms with Crippen LogP contribution in [0.3, 0.4) is 0 Å². The average Bonchev–Trinajstić information content (AvgIpc) is 2.15. The molecule has 14 heavy (non-hydrogen) atoms. The Hall–Kier alpha value is -0.0400. The monoisotopic (exact) mass is 197 g/mol. The van der Waals surface area contributed by atoms with Crippen molar-refractivity contribution in [2.24, 2.45) is 28.9 Å². The molecule has 0 aliphatic heterocycles. The fourth-order valence-corrected chi connectivity index (χ4v) is 2.96. The Bertz CT molecular complexity index is 174. The minimum Gasteiger partial charge on any atom is -0.330 e. The van der Waals surface area contributed by atoms with Gasteiger partial charge in [0.1, 0.15) is 0 Å². The minimum atomic E-state index is 0.555. The van der Waals surface area contributed by atoms with Crippen LogP contribution in [0.2, 0.25) is 0 Å². The molecule has 2 N–H and O–H groups in total. The lowest BCUT2D eigenvalue weighted by Gasteiger charge is -2.43. The molecule has 0 aromatic heterocycles. The number of nitrogens with two attached hydrogens (primary N) is 1. The first-order valence-corrected chi connectivity index (χ1v) is 6.20. The van der Waals surface area contributed by atoms with Crippen LogP contribution in [0.4, 0.5) is 0 Å². The number of hydrogen-bond donors (Lipinski definition) is 1. The van der Waals surface area contributed by atoms with Crippen molar-refractivity contribution in [2.75, 3.05) is 6.54 Å². The molecule has 1 saturated carbocycles. The highest BCUT2D eigenvalue weighted by Gasteiger charge is 2.36. The van der Waals surface area contributed by atoms with Crippen LogP contribution >= 0.6 is 0 Å². The van der Waals surface area contributed by atoms with Gasteiger partial charge in [-0.25, -0.2) is 0 Å². The average molecular weight is 197 g/mol. The Kier molecular flexibility index (Phi) is 4.00. The molecule has 84 valence electrons. The van der Waals surface area contributed by atoms with Crippen molar-refractivity contribution in [1.29, 1.82) is 0 Å². The predicted octanol–water partition coefficient (Wildman–Crippen LogP) is 3.43. The van der Waals surface area contributed by atoms with E-state index < -0.39 is 0 Å². The molecule has 1 fully saturated rings. The summed E-state index contributed by atoms with van der Waals surface area (Å²) in [4.78, 5) is 0. The molecule has 3 unspecified atom stereocenters. The second-order valence-corrected chi connectivity index (χ2v) is 5.95. The summed E-state index contributed by atoms with van der Waals surface area (Å²) in [6.07, 6.45) is 5.39. The van der Waals surface area contributed by atoms with Crippen LogP contribution in [0.5, 0.6) is 0 Å². The van der Waals surface area contributed by atoms with Gasteiger partial charge in [-0.15, -0.1) is 0 Å². The Balaban J connectivity index is 2.65. The standard InChI is InChI=1S/C13H27N/c1-5-10(2)12-8-13(3,4)7-6-11(12)9-14/h10-12H,5-9,14H2,1-4H3. The topological polar surface area (TPSA) is 26.0 Å². The van der Waals surface area contributed by atoms with Gasteiger partial charge in [0.25, 0.3) is 0 Å². The summed E-state index contributed by atoms with van der Waals surface area (Å²) in [5, 5.41) is 0. The fourth-order valence-electron chi connectivity index (χ4n) is 2.96. The molecule has 1 aliphatic rings. The molecule has 0 aromatic rings. The molecule has 0 saturated heterocycles. The summed E-state index contributed by atoms with van der Waals surface area (Å²) in [7, 11) is 0. The molecule has 0 spiro atoms. The lowest BCUT2D eigenvalue weighted by molar-refractivity contribution is 0.0820. The first-order valence-electron chi connectivity index (χ1n) is 6.20. The molecule has 0 amide bonds. The fraction of sp³-hybridized carbons (Fsp3) is 1.00. The van der Waals surface area contributed by atoms with Gasteiger partial charge in [-0.3, -0.25) is 0 Å². The van der Waals surface area contributed by atoms with E-state index in [1.54, 1.807) is 0 Å². The maximum Gasteiger partial charge on any atom is -0.00461 e. The van der Waals surface area contributed by atoms with E-state index in [1.165, 1.54) is 25.7 Å². The highest BCUT2D eigenvalue weighted by Crippen LogP contribution is 2.45. The van der Waals surface area contributed by atoms with E-state index in [0.717, 1.165) is 24.3 Å². The zero-order valence-corrected chi connectivity index (χ0v) is 10.3. The summed E-state index contributed by atoms with van der Waals surface area (Å²) < 4.78 is 0. The summed E-state index contributed by atoms with van der Waals surface area (Å²) in [6, 6.07) is 0. The second-order valence-electron chi connectivity index (χ2n) is 5.95. The Morgan fingerprint density at radius 1 is 1.43 bits per heavy atom. The first-order chi connectivity index (χ1) is 6.50. The van der Waals surface area contributed by atoms with Crippen molar-refractivity contribution in [2.45, 2.75) is 53.4 Å². The van der Waals surface area contributed by atoms with Crippen molar-refractivity contribution in [3.05, 3.63) is 0 Å². The molecule has 0 bridgehead atoms. The summed E-state index contributed by atoms with van der Waals surface area (Å²) in [5.74, 6) is 2.51. The largest absolute Gasteiger partial charge is 0.330 e. The molecular formula is C13H27N. The Labute approximate surface area is 89.5 Å². The molecule has 1 nitrogen and oxygen atoms in total. The van der Waals surface area contributed by atoms with Gasteiger partial charge in [0.05, 0.1) is 0 Å². The Morgan fingerprint density at radius 2 is 2.07 bits per heavy atom. The van der Waals surface area contributed by atoms with E-state index in [0.29, 0.717) is 5.41 Å². The van der Waals surface area contributed by atoms with Gasteiger partial charge in [-0.2, -0.15) is 0 Å². The third-order valence-electron chi connectivity index (χ3n) is 4.26. The van der Waals surface area contributed by atoms with Crippen molar-refractivity contribution >= 4 is 0 Å².